The number of para-hydroxylation sites is 2. The number of nitrogens with two attached hydrogens (primary N) is 1. The van der Waals surface area contributed by atoms with E-state index in [2.05, 4.69) is 24.0 Å². The van der Waals surface area contributed by atoms with Crippen LogP contribution >= 0.6 is 0 Å². The van der Waals surface area contributed by atoms with Crippen molar-refractivity contribution in [1.82, 2.24) is 9.88 Å². The predicted octanol–water partition coefficient (Wildman–Crippen LogP) is 4.03. The fraction of sp³-hybridized carbons (Fsp3) is 0.406. The summed E-state index contributed by atoms with van der Waals surface area (Å²) in [5.41, 5.74) is 5.68. The van der Waals surface area contributed by atoms with Crippen molar-refractivity contribution in [2.24, 2.45) is 11.1 Å². The maximum absolute atomic E-state index is 13.8. The number of anilines is 2. The molecular formula is C32H38N6O3S. The highest BCUT2D eigenvalue weighted by Gasteiger charge is 2.32. The second-order valence-corrected chi connectivity index (χ2v) is 13.0. The molecule has 220 valence electrons. The van der Waals surface area contributed by atoms with Gasteiger partial charge < -0.3 is 14.7 Å². The van der Waals surface area contributed by atoms with Gasteiger partial charge in [0.1, 0.15) is 16.7 Å². The molecule has 1 amide bonds. The molecule has 2 fully saturated rings. The van der Waals surface area contributed by atoms with Gasteiger partial charge in [-0.3, -0.25) is 4.79 Å². The topological polar surface area (TPSA) is 124 Å². The first-order chi connectivity index (χ1) is 20.1. The van der Waals surface area contributed by atoms with Crippen molar-refractivity contribution in [1.29, 1.82) is 5.26 Å². The second-order valence-electron chi connectivity index (χ2n) is 11.5. The molecule has 9 nitrogen and oxygen atoms in total. The van der Waals surface area contributed by atoms with Crippen LogP contribution in [-0.4, -0.2) is 63.0 Å². The van der Waals surface area contributed by atoms with E-state index in [4.69, 9.17) is 10.1 Å². The van der Waals surface area contributed by atoms with Crippen LogP contribution < -0.4 is 14.9 Å². The van der Waals surface area contributed by atoms with Crippen LogP contribution in [0.3, 0.4) is 0 Å². The number of primary sulfonamides is 1. The number of amides is 1. The lowest BCUT2D eigenvalue weighted by Gasteiger charge is -2.41. The average Bonchev–Trinajstić information content (AvgIpc) is 2.98. The maximum Gasteiger partial charge on any atom is 0.273 e. The molecule has 3 heterocycles. The van der Waals surface area contributed by atoms with Gasteiger partial charge in [-0.1, -0.05) is 30.3 Å². The van der Waals surface area contributed by atoms with E-state index in [0.29, 0.717) is 42.5 Å². The zero-order valence-electron chi connectivity index (χ0n) is 24.5. The molecule has 5 rings (SSSR count). The summed E-state index contributed by atoms with van der Waals surface area (Å²) in [7, 11) is -3.87. The van der Waals surface area contributed by atoms with Crippen LogP contribution in [-0.2, 0) is 16.4 Å². The minimum absolute atomic E-state index is 0.0939. The van der Waals surface area contributed by atoms with Crippen LogP contribution in [0.15, 0.2) is 59.5 Å². The smallest absolute Gasteiger partial charge is 0.273 e. The van der Waals surface area contributed by atoms with E-state index in [0.717, 1.165) is 54.9 Å². The molecule has 0 radical (unpaired) electrons. The monoisotopic (exact) mass is 586 g/mol. The van der Waals surface area contributed by atoms with Gasteiger partial charge in [0.25, 0.3) is 5.91 Å². The number of piperazine rings is 1. The molecule has 2 aliphatic rings. The summed E-state index contributed by atoms with van der Waals surface area (Å²) in [6.45, 7) is 9.18. The number of carbonyl (C=O) groups excluding carboxylic acids is 1. The normalized spacial score (nSPS) is 18.2. The molecule has 2 saturated heterocycles. The fourth-order valence-electron chi connectivity index (χ4n) is 6.28. The Bertz CT molecular complexity index is 1630. The summed E-state index contributed by atoms with van der Waals surface area (Å²) < 4.78 is 24.3. The van der Waals surface area contributed by atoms with Gasteiger partial charge in [-0.05, 0) is 81.3 Å². The predicted molar refractivity (Wildman–Crippen MR) is 164 cm³/mol. The van der Waals surface area contributed by atoms with Crippen molar-refractivity contribution >= 4 is 27.3 Å². The minimum atomic E-state index is -3.87. The molecule has 3 aromatic rings. The van der Waals surface area contributed by atoms with Gasteiger partial charge in [0.15, 0.2) is 0 Å². The van der Waals surface area contributed by atoms with E-state index in [1.807, 2.05) is 47.9 Å². The van der Waals surface area contributed by atoms with Crippen molar-refractivity contribution in [2.45, 2.75) is 51.0 Å². The molecular weight excluding hydrogens is 548 g/mol. The molecule has 42 heavy (non-hydrogen) atoms. The Morgan fingerprint density at radius 1 is 0.976 bits per heavy atom. The Balaban J connectivity index is 1.27. The molecule has 2 aromatic carbocycles. The van der Waals surface area contributed by atoms with Crippen LogP contribution in [0.5, 0.6) is 0 Å². The van der Waals surface area contributed by atoms with Crippen LogP contribution in [0, 0.1) is 31.1 Å². The molecule has 0 bridgehead atoms. The molecule has 10 heteroatoms. The number of aromatic nitrogens is 1. The maximum atomic E-state index is 13.8. The van der Waals surface area contributed by atoms with E-state index in [9.17, 15) is 18.5 Å². The highest BCUT2D eigenvalue weighted by molar-refractivity contribution is 7.89. The van der Waals surface area contributed by atoms with E-state index in [1.165, 1.54) is 6.07 Å². The number of aryl methyl sites for hydroxylation is 2. The number of nitriles is 1. The zero-order valence-corrected chi connectivity index (χ0v) is 25.3. The molecule has 0 spiro atoms. The summed E-state index contributed by atoms with van der Waals surface area (Å²) in [6.07, 6.45) is 2.81. The quantitative estimate of drug-likeness (QED) is 0.463. The molecule has 0 saturated carbocycles. The number of carbonyl (C=O) groups is 1. The number of hydrogen-bond acceptors (Lipinski definition) is 7. The van der Waals surface area contributed by atoms with Crippen LogP contribution in [0.2, 0.25) is 0 Å². The third-order valence-corrected chi connectivity index (χ3v) is 9.53. The van der Waals surface area contributed by atoms with Gasteiger partial charge in [-0.15, -0.1) is 0 Å². The van der Waals surface area contributed by atoms with Gasteiger partial charge in [0.2, 0.25) is 10.0 Å². The first kappa shape index (κ1) is 29.5. The van der Waals surface area contributed by atoms with Gasteiger partial charge in [0.05, 0.1) is 16.9 Å². The fourth-order valence-corrected chi connectivity index (χ4v) is 7.04. The van der Waals surface area contributed by atoms with Crippen molar-refractivity contribution < 1.29 is 13.2 Å². The van der Waals surface area contributed by atoms with Crippen molar-refractivity contribution in [3.05, 3.63) is 82.7 Å². The van der Waals surface area contributed by atoms with Crippen LogP contribution in [0.25, 0.3) is 0 Å². The molecule has 0 aliphatic carbocycles. The number of nitrogens with zero attached hydrogens (tertiary/aromatic N) is 5. The Hall–Kier alpha value is -3.94. The van der Waals surface area contributed by atoms with E-state index < -0.39 is 10.0 Å². The number of pyridine rings is 1. The van der Waals surface area contributed by atoms with Gasteiger partial charge in [-0.2, -0.15) is 5.26 Å². The van der Waals surface area contributed by atoms with E-state index in [1.54, 1.807) is 18.2 Å². The Morgan fingerprint density at radius 3 is 2.31 bits per heavy atom. The number of sulfonamides is 1. The molecule has 0 unspecified atom stereocenters. The second kappa shape index (κ2) is 12.1. The summed E-state index contributed by atoms with van der Waals surface area (Å²) >= 11 is 0. The Kier molecular flexibility index (Phi) is 8.53. The first-order valence-electron chi connectivity index (χ1n) is 14.5. The molecule has 1 aromatic heterocycles. The van der Waals surface area contributed by atoms with Gasteiger partial charge in [-0.25, -0.2) is 18.5 Å². The largest absolute Gasteiger partial charge is 0.370 e. The van der Waals surface area contributed by atoms with E-state index >= 15 is 0 Å². The lowest BCUT2D eigenvalue weighted by Crippen LogP contribution is -2.54. The number of hydrogen-bond donors (Lipinski definition) is 1. The Labute approximate surface area is 248 Å². The van der Waals surface area contributed by atoms with Crippen molar-refractivity contribution in [2.75, 3.05) is 42.5 Å². The lowest BCUT2D eigenvalue weighted by molar-refractivity contribution is 0.0666. The summed E-state index contributed by atoms with van der Waals surface area (Å²) in [6, 6.07) is 18.7. The third kappa shape index (κ3) is 6.13. The number of piperidine rings is 1. The zero-order chi connectivity index (χ0) is 30.0. The van der Waals surface area contributed by atoms with Gasteiger partial charge in [0, 0.05) is 44.5 Å². The lowest BCUT2D eigenvalue weighted by atomic mass is 9.90. The van der Waals surface area contributed by atoms with Crippen molar-refractivity contribution in [3.63, 3.8) is 0 Å². The summed E-state index contributed by atoms with van der Waals surface area (Å²) in [5.74, 6) is 0.359. The molecule has 1 atom stereocenters. The SMILES string of the molecule is Cc1cc(C)c(C(=O)N2CCN(c3ccccc3S(N)(=O)=O)C[C@@H]2C)nc1CC1CCN(c2ccccc2C#N)CC1. The highest BCUT2D eigenvalue weighted by atomic mass is 32.2. The number of rotatable bonds is 6. The van der Waals surface area contributed by atoms with Crippen molar-refractivity contribution in [3.8, 4) is 6.07 Å². The van der Waals surface area contributed by atoms with Crippen LogP contribution in [0.4, 0.5) is 11.4 Å². The Morgan fingerprint density at radius 2 is 1.64 bits per heavy atom. The summed E-state index contributed by atoms with van der Waals surface area (Å²) in [4.78, 5) is 25.0. The van der Waals surface area contributed by atoms with Crippen LogP contribution in [0.1, 0.15) is 52.6 Å². The standard InChI is InChI=1S/C32H38N6O3S/c1-22-18-23(2)31(35-27(22)19-25-12-14-36(15-13-25)28-9-5-4-8-26(28)20-33)32(39)38-17-16-37(21-24(38)3)29-10-6-7-11-30(29)42(34,40)41/h4-11,18,24-25H,12-17,19,21H2,1-3H3,(H2,34,40,41)/t24-/m0/s1. The van der Waals surface area contributed by atoms with Gasteiger partial charge >= 0.3 is 0 Å². The summed E-state index contributed by atoms with van der Waals surface area (Å²) in [5, 5.41) is 15.0. The first-order valence-corrected chi connectivity index (χ1v) is 16.0. The minimum Gasteiger partial charge on any atom is -0.370 e. The molecule has 2 N–H and O–H groups in total. The molecule has 2 aliphatic heterocycles. The number of benzene rings is 2. The highest BCUT2D eigenvalue weighted by Crippen LogP contribution is 2.30. The third-order valence-electron chi connectivity index (χ3n) is 8.57. The van der Waals surface area contributed by atoms with E-state index in [-0.39, 0.29) is 16.8 Å². The average molecular weight is 587 g/mol.